The second-order valence-corrected chi connectivity index (χ2v) is 6.78. The van der Waals surface area contributed by atoms with Crippen LogP contribution >= 0.6 is 11.8 Å². The summed E-state index contributed by atoms with van der Waals surface area (Å²) in [5.74, 6) is 2.92. The first-order valence-electron chi connectivity index (χ1n) is 7.56. The van der Waals surface area contributed by atoms with Crippen LogP contribution in [0.15, 0.2) is 17.6 Å². The van der Waals surface area contributed by atoms with Crippen molar-refractivity contribution in [3.63, 3.8) is 0 Å². The van der Waals surface area contributed by atoms with Crippen LogP contribution < -0.4 is 10.6 Å². The van der Waals surface area contributed by atoms with E-state index in [1.165, 1.54) is 0 Å². The van der Waals surface area contributed by atoms with Crippen molar-refractivity contribution in [3.05, 3.63) is 12.7 Å². The van der Waals surface area contributed by atoms with Crippen LogP contribution in [0, 0.1) is 0 Å². The van der Waals surface area contributed by atoms with E-state index in [1.54, 1.807) is 0 Å². The Balaban J connectivity index is 2.27. The SMILES string of the molecule is C=CCSCCNC(=NC)NCC(C)(C)N1CCOCC1. The summed E-state index contributed by atoms with van der Waals surface area (Å²) in [6, 6.07) is 0. The second kappa shape index (κ2) is 10.1. The summed E-state index contributed by atoms with van der Waals surface area (Å²) in [5.41, 5.74) is 0.0962. The fourth-order valence-electron chi connectivity index (χ4n) is 2.21. The fourth-order valence-corrected chi connectivity index (χ4v) is 2.79. The molecule has 0 radical (unpaired) electrons. The summed E-state index contributed by atoms with van der Waals surface area (Å²) < 4.78 is 5.42. The van der Waals surface area contributed by atoms with Gasteiger partial charge >= 0.3 is 0 Å². The van der Waals surface area contributed by atoms with E-state index in [1.807, 2.05) is 24.9 Å². The highest BCUT2D eigenvalue weighted by Gasteiger charge is 2.28. The van der Waals surface area contributed by atoms with Gasteiger partial charge in [-0.25, -0.2) is 0 Å². The van der Waals surface area contributed by atoms with Gasteiger partial charge in [0.1, 0.15) is 0 Å². The molecule has 0 unspecified atom stereocenters. The van der Waals surface area contributed by atoms with Gasteiger partial charge < -0.3 is 15.4 Å². The van der Waals surface area contributed by atoms with E-state index >= 15 is 0 Å². The number of ether oxygens (including phenoxy) is 1. The van der Waals surface area contributed by atoms with Gasteiger partial charge in [-0.2, -0.15) is 11.8 Å². The van der Waals surface area contributed by atoms with Gasteiger partial charge in [0.25, 0.3) is 0 Å². The number of rotatable bonds is 8. The molecule has 1 heterocycles. The molecule has 0 spiro atoms. The Hall–Kier alpha value is -0.720. The summed E-state index contributed by atoms with van der Waals surface area (Å²) >= 11 is 1.87. The number of nitrogens with one attached hydrogen (secondary N) is 2. The van der Waals surface area contributed by atoms with E-state index in [-0.39, 0.29) is 5.54 Å². The standard InChI is InChI=1S/C15H30N4OS/c1-5-11-21-12-6-17-14(16-4)18-13-15(2,3)19-7-9-20-10-8-19/h5H,1,6-13H2,2-4H3,(H2,16,17,18). The normalized spacial score (nSPS) is 17.6. The van der Waals surface area contributed by atoms with Crippen molar-refractivity contribution in [1.82, 2.24) is 15.5 Å². The lowest BCUT2D eigenvalue weighted by molar-refractivity contribution is -0.00833. The highest BCUT2D eigenvalue weighted by molar-refractivity contribution is 7.99. The molecule has 5 nitrogen and oxygen atoms in total. The molecule has 1 saturated heterocycles. The lowest BCUT2D eigenvalue weighted by Gasteiger charge is -2.41. The van der Waals surface area contributed by atoms with Crippen molar-refractivity contribution in [3.8, 4) is 0 Å². The predicted molar refractivity (Wildman–Crippen MR) is 93.4 cm³/mol. The molecule has 0 saturated carbocycles. The predicted octanol–water partition coefficient (Wildman–Crippen LogP) is 1.18. The Morgan fingerprint density at radius 1 is 1.38 bits per heavy atom. The van der Waals surface area contributed by atoms with Crippen LogP contribution in [0.25, 0.3) is 0 Å². The van der Waals surface area contributed by atoms with Gasteiger partial charge in [-0.05, 0) is 13.8 Å². The molecule has 0 bridgehead atoms. The van der Waals surface area contributed by atoms with Crippen LogP contribution in [0.4, 0.5) is 0 Å². The molecule has 1 fully saturated rings. The topological polar surface area (TPSA) is 48.9 Å². The van der Waals surface area contributed by atoms with E-state index in [4.69, 9.17) is 4.74 Å². The second-order valence-electron chi connectivity index (χ2n) is 5.63. The Bertz CT molecular complexity index is 328. The third-order valence-corrected chi connectivity index (χ3v) is 4.52. The van der Waals surface area contributed by atoms with E-state index in [0.717, 1.165) is 56.9 Å². The molecule has 2 N–H and O–H groups in total. The van der Waals surface area contributed by atoms with Gasteiger partial charge in [-0.3, -0.25) is 9.89 Å². The number of aliphatic imine (C=N–C) groups is 1. The monoisotopic (exact) mass is 314 g/mol. The van der Waals surface area contributed by atoms with Gasteiger partial charge in [0.15, 0.2) is 5.96 Å². The Morgan fingerprint density at radius 3 is 2.71 bits per heavy atom. The molecule has 1 aliphatic heterocycles. The number of nitrogens with zero attached hydrogens (tertiary/aromatic N) is 2. The maximum Gasteiger partial charge on any atom is 0.191 e. The smallest absolute Gasteiger partial charge is 0.191 e. The molecule has 1 aliphatic rings. The Morgan fingerprint density at radius 2 is 2.10 bits per heavy atom. The van der Waals surface area contributed by atoms with E-state index in [9.17, 15) is 0 Å². The molecule has 0 aliphatic carbocycles. The van der Waals surface area contributed by atoms with Gasteiger partial charge in [0.05, 0.1) is 13.2 Å². The zero-order valence-corrected chi connectivity index (χ0v) is 14.5. The first kappa shape index (κ1) is 18.3. The molecule has 0 atom stereocenters. The number of hydrogen-bond acceptors (Lipinski definition) is 4. The van der Waals surface area contributed by atoms with Gasteiger partial charge in [0, 0.05) is 50.3 Å². The zero-order valence-electron chi connectivity index (χ0n) is 13.7. The van der Waals surface area contributed by atoms with Crippen LogP contribution in [-0.2, 0) is 4.74 Å². The van der Waals surface area contributed by atoms with Gasteiger partial charge in [-0.15, -0.1) is 6.58 Å². The minimum Gasteiger partial charge on any atom is -0.379 e. The third kappa shape index (κ3) is 7.20. The summed E-state index contributed by atoms with van der Waals surface area (Å²) in [7, 11) is 1.81. The van der Waals surface area contributed by atoms with Crippen molar-refractivity contribution in [1.29, 1.82) is 0 Å². The minimum absolute atomic E-state index is 0.0962. The first-order valence-corrected chi connectivity index (χ1v) is 8.71. The summed E-state index contributed by atoms with van der Waals surface area (Å²) in [5, 5.41) is 6.77. The van der Waals surface area contributed by atoms with Gasteiger partial charge in [0.2, 0.25) is 0 Å². The number of guanidine groups is 1. The highest BCUT2D eigenvalue weighted by atomic mass is 32.2. The van der Waals surface area contributed by atoms with Crippen molar-refractivity contribution in [2.75, 3.05) is 57.9 Å². The van der Waals surface area contributed by atoms with E-state index in [0.29, 0.717) is 0 Å². The Labute approximate surface area is 133 Å². The molecule has 0 amide bonds. The van der Waals surface area contributed by atoms with Crippen LogP contribution in [-0.4, -0.2) is 74.3 Å². The average molecular weight is 314 g/mol. The molecule has 122 valence electrons. The molecule has 6 heteroatoms. The van der Waals surface area contributed by atoms with Crippen LogP contribution in [0.5, 0.6) is 0 Å². The van der Waals surface area contributed by atoms with E-state index in [2.05, 4.69) is 41.0 Å². The molecule has 0 aromatic rings. The zero-order chi connectivity index (χ0) is 15.6. The molecule has 1 rings (SSSR count). The summed E-state index contributed by atoms with van der Waals surface area (Å²) in [6.45, 7) is 13.7. The average Bonchev–Trinajstić information content (AvgIpc) is 2.51. The van der Waals surface area contributed by atoms with Crippen molar-refractivity contribution >= 4 is 17.7 Å². The Kier molecular flexibility index (Phi) is 8.80. The van der Waals surface area contributed by atoms with Crippen molar-refractivity contribution < 1.29 is 4.74 Å². The fraction of sp³-hybridized carbons (Fsp3) is 0.800. The molecule has 0 aromatic heterocycles. The summed E-state index contributed by atoms with van der Waals surface area (Å²) in [4.78, 5) is 6.74. The van der Waals surface area contributed by atoms with Gasteiger partial charge in [-0.1, -0.05) is 6.08 Å². The number of hydrogen-bond donors (Lipinski definition) is 2. The lowest BCUT2D eigenvalue weighted by Crippen LogP contribution is -2.56. The number of thioether (sulfide) groups is 1. The third-order valence-electron chi connectivity index (χ3n) is 3.55. The largest absolute Gasteiger partial charge is 0.379 e. The highest BCUT2D eigenvalue weighted by Crippen LogP contribution is 2.14. The lowest BCUT2D eigenvalue weighted by atomic mass is 10.0. The van der Waals surface area contributed by atoms with Crippen molar-refractivity contribution in [2.45, 2.75) is 19.4 Å². The van der Waals surface area contributed by atoms with Crippen LogP contribution in [0.3, 0.4) is 0 Å². The van der Waals surface area contributed by atoms with Crippen LogP contribution in [0.1, 0.15) is 13.8 Å². The molecular formula is C15H30N4OS. The molecule has 0 aromatic carbocycles. The van der Waals surface area contributed by atoms with Crippen LogP contribution in [0.2, 0.25) is 0 Å². The maximum atomic E-state index is 5.42. The quantitative estimate of drug-likeness (QED) is 0.305. The summed E-state index contributed by atoms with van der Waals surface area (Å²) in [6.07, 6.45) is 1.93. The number of morpholine rings is 1. The maximum absolute atomic E-state index is 5.42. The van der Waals surface area contributed by atoms with Crippen molar-refractivity contribution in [2.24, 2.45) is 4.99 Å². The first-order chi connectivity index (χ1) is 10.1. The molecular weight excluding hydrogens is 284 g/mol. The van der Waals surface area contributed by atoms with E-state index < -0.39 is 0 Å². The minimum atomic E-state index is 0.0962. The molecule has 21 heavy (non-hydrogen) atoms.